The van der Waals surface area contributed by atoms with Crippen molar-refractivity contribution in [1.29, 1.82) is 0 Å². The van der Waals surface area contributed by atoms with Gasteiger partial charge in [0.1, 0.15) is 0 Å². The first kappa shape index (κ1) is 26.2. The van der Waals surface area contributed by atoms with Crippen molar-refractivity contribution in [3.63, 3.8) is 0 Å². The number of thioether (sulfide) groups is 1. The fraction of sp³-hybridized carbons (Fsp3) is 0.125. The Hall–Kier alpha value is -2.92. The number of rotatable bonds is 8. The van der Waals surface area contributed by atoms with Gasteiger partial charge in [0, 0.05) is 27.4 Å². The normalized spacial score (nSPS) is 10.9. The monoisotopic (exact) mass is 605 g/mol. The zero-order valence-electron chi connectivity index (χ0n) is 18.7. The largest absolute Gasteiger partial charge is 0.345 e. The number of halogens is 3. The molecule has 0 radical (unpaired) electrons. The van der Waals surface area contributed by atoms with Crippen LogP contribution < -0.4 is 5.32 Å². The highest BCUT2D eigenvalue weighted by Gasteiger charge is 2.19. The van der Waals surface area contributed by atoms with Gasteiger partial charge in [0.2, 0.25) is 0 Å². The molecule has 1 aromatic heterocycles. The van der Waals surface area contributed by atoms with Gasteiger partial charge in [0.25, 0.3) is 11.6 Å². The van der Waals surface area contributed by atoms with E-state index in [9.17, 15) is 14.9 Å². The predicted molar refractivity (Wildman–Crippen MR) is 144 cm³/mol. The molecule has 8 nitrogen and oxygen atoms in total. The Morgan fingerprint density at radius 2 is 1.83 bits per heavy atom. The second kappa shape index (κ2) is 11.4. The summed E-state index contributed by atoms with van der Waals surface area (Å²) in [5, 5.41) is 24.0. The first-order chi connectivity index (χ1) is 17.2. The van der Waals surface area contributed by atoms with Gasteiger partial charge in [-0.1, -0.05) is 69.1 Å². The topological polar surface area (TPSA) is 103 Å². The Morgan fingerprint density at radius 3 is 2.53 bits per heavy atom. The van der Waals surface area contributed by atoms with Crippen molar-refractivity contribution < 1.29 is 9.72 Å². The zero-order valence-corrected chi connectivity index (χ0v) is 22.7. The fourth-order valence-corrected chi connectivity index (χ4v) is 4.81. The van der Waals surface area contributed by atoms with Gasteiger partial charge in [-0.05, 0) is 48.9 Å². The van der Waals surface area contributed by atoms with Gasteiger partial charge < -0.3 is 5.32 Å². The molecule has 0 aliphatic heterocycles. The molecule has 36 heavy (non-hydrogen) atoms. The molecule has 0 fully saturated rings. The summed E-state index contributed by atoms with van der Waals surface area (Å²) in [5.74, 6) is 0.638. The average Bonchev–Trinajstić information content (AvgIpc) is 3.26. The lowest BCUT2D eigenvalue weighted by molar-refractivity contribution is -0.385. The SMILES string of the molecule is Cc1ccc(C(=O)NCc2nnc(SCc3ccc(Br)cc3)n2-c2ccc(Cl)c(Cl)c2)cc1[N+](=O)[O-]. The number of carbonyl (C=O) groups is 1. The van der Waals surface area contributed by atoms with Gasteiger partial charge in [0.15, 0.2) is 11.0 Å². The minimum absolute atomic E-state index is 0.0343. The van der Waals surface area contributed by atoms with Crippen LogP contribution in [0.25, 0.3) is 5.69 Å². The minimum atomic E-state index is -0.512. The molecule has 0 atom stereocenters. The Bertz CT molecular complexity index is 1450. The molecule has 184 valence electrons. The number of aryl methyl sites for hydroxylation is 1. The second-order valence-corrected chi connectivity index (χ2v) is 10.4. The van der Waals surface area contributed by atoms with Crippen LogP contribution in [0.3, 0.4) is 0 Å². The number of nitrogens with one attached hydrogen (secondary N) is 1. The van der Waals surface area contributed by atoms with Gasteiger partial charge >= 0.3 is 0 Å². The summed E-state index contributed by atoms with van der Waals surface area (Å²) in [6, 6.07) is 17.5. The van der Waals surface area contributed by atoms with Crippen LogP contribution in [0.1, 0.15) is 27.3 Å². The standard InChI is InChI=1S/C24H18BrCl2N5O3S/c1-14-2-5-16(10-21(14)32(34)35)23(33)28-12-22-29-30-24(36-13-15-3-6-17(25)7-4-15)31(22)18-8-9-19(26)20(27)11-18/h2-11H,12-13H2,1H3,(H,28,33). The summed E-state index contributed by atoms with van der Waals surface area (Å²) < 4.78 is 2.79. The van der Waals surface area contributed by atoms with Crippen molar-refractivity contribution in [2.45, 2.75) is 24.4 Å². The third kappa shape index (κ3) is 6.07. The molecule has 0 bridgehead atoms. The first-order valence-corrected chi connectivity index (χ1v) is 13.1. The Kier molecular flexibility index (Phi) is 8.30. The van der Waals surface area contributed by atoms with Crippen LogP contribution >= 0.6 is 50.9 Å². The predicted octanol–water partition coefficient (Wildman–Crippen LogP) is 6.78. The lowest BCUT2D eigenvalue weighted by atomic mass is 10.1. The van der Waals surface area contributed by atoms with Crippen molar-refractivity contribution in [3.05, 3.63) is 108 Å². The number of hydrogen-bond acceptors (Lipinski definition) is 6. The Labute approximate surface area is 229 Å². The maximum absolute atomic E-state index is 12.8. The highest BCUT2D eigenvalue weighted by atomic mass is 79.9. The molecular weight excluding hydrogens is 589 g/mol. The van der Waals surface area contributed by atoms with E-state index in [0.717, 1.165) is 10.0 Å². The van der Waals surface area contributed by atoms with Crippen LogP contribution in [-0.4, -0.2) is 25.6 Å². The quantitative estimate of drug-likeness (QED) is 0.135. The number of hydrogen-bond donors (Lipinski definition) is 1. The third-order valence-corrected chi connectivity index (χ3v) is 7.49. The van der Waals surface area contributed by atoms with Gasteiger partial charge in [-0.25, -0.2) is 0 Å². The van der Waals surface area contributed by atoms with Gasteiger partial charge in [-0.3, -0.25) is 19.5 Å². The van der Waals surface area contributed by atoms with E-state index in [2.05, 4.69) is 31.4 Å². The Morgan fingerprint density at radius 1 is 1.08 bits per heavy atom. The van der Waals surface area contributed by atoms with E-state index in [1.54, 1.807) is 41.8 Å². The van der Waals surface area contributed by atoms with Gasteiger partial charge in [-0.15, -0.1) is 10.2 Å². The number of nitrogens with zero attached hydrogens (tertiary/aromatic N) is 4. The van der Waals surface area contributed by atoms with Crippen molar-refractivity contribution in [3.8, 4) is 5.69 Å². The van der Waals surface area contributed by atoms with Gasteiger partial charge in [-0.2, -0.15) is 0 Å². The van der Waals surface area contributed by atoms with Crippen LogP contribution in [0, 0.1) is 17.0 Å². The van der Waals surface area contributed by atoms with E-state index >= 15 is 0 Å². The average molecular weight is 607 g/mol. The number of amides is 1. The lowest BCUT2D eigenvalue weighted by Gasteiger charge is -2.12. The summed E-state index contributed by atoms with van der Waals surface area (Å²) in [5.41, 5.74) is 2.32. The van der Waals surface area contributed by atoms with Crippen molar-refractivity contribution in [1.82, 2.24) is 20.1 Å². The zero-order chi connectivity index (χ0) is 25.8. The lowest BCUT2D eigenvalue weighted by Crippen LogP contribution is -2.24. The molecule has 3 aromatic carbocycles. The van der Waals surface area contributed by atoms with E-state index in [-0.39, 0.29) is 17.8 Å². The summed E-state index contributed by atoms with van der Waals surface area (Å²) in [4.78, 5) is 23.5. The van der Waals surface area contributed by atoms with Crippen molar-refractivity contribution in [2.24, 2.45) is 0 Å². The summed E-state index contributed by atoms with van der Waals surface area (Å²) in [7, 11) is 0. The fourth-order valence-electron chi connectivity index (χ4n) is 3.33. The van der Waals surface area contributed by atoms with E-state index in [1.807, 2.05) is 24.3 Å². The van der Waals surface area contributed by atoms with Crippen LogP contribution in [0.2, 0.25) is 10.0 Å². The second-order valence-electron chi connectivity index (χ2n) is 7.69. The number of aromatic nitrogens is 3. The van der Waals surface area contributed by atoms with E-state index < -0.39 is 10.8 Å². The molecule has 12 heteroatoms. The maximum Gasteiger partial charge on any atom is 0.273 e. The molecule has 0 spiro atoms. The number of nitro groups is 1. The Balaban J connectivity index is 1.59. The van der Waals surface area contributed by atoms with E-state index in [4.69, 9.17) is 23.2 Å². The molecule has 1 heterocycles. The summed E-state index contributed by atoms with van der Waals surface area (Å²) >= 11 is 17.3. The van der Waals surface area contributed by atoms with E-state index in [0.29, 0.717) is 38.0 Å². The molecule has 4 aromatic rings. The van der Waals surface area contributed by atoms with Crippen molar-refractivity contribution >= 4 is 62.5 Å². The molecule has 0 unspecified atom stereocenters. The molecule has 1 N–H and O–H groups in total. The molecule has 0 saturated heterocycles. The van der Waals surface area contributed by atoms with Crippen LogP contribution in [0.15, 0.2) is 70.3 Å². The first-order valence-electron chi connectivity index (χ1n) is 10.5. The molecule has 0 aliphatic carbocycles. The maximum atomic E-state index is 12.8. The minimum Gasteiger partial charge on any atom is -0.345 e. The van der Waals surface area contributed by atoms with Gasteiger partial charge in [0.05, 0.1) is 27.2 Å². The third-order valence-electron chi connectivity index (χ3n) is 5.22. The smallest absolute Gasteiger partial charge is 0.273 e. The number of carbonyl (C=O) groups excluding carboxylic acids is 1. The molecule has 1 amide bonds. The summed E-state index contributed by atoms with van der Waals surface area (Å²) in [6.45, 7) is 1.65. The van der Waals surface area contributed by atoms with Crippen molar-refractivity contribution in [2.75, 3.05) is 0 Å². The molecule has 0 aliphatic rings. The highest BCUT2D eigenvalue weighted by molar-refractivity contribution is 9.10. The molecule has 0 saturated carbocycles. The number of nitro benzene ring substituents is 1. The van der Waals surface area contributed by atoms with Crippen LogP contribution in [-0.2, 0) is 12.3 Å². The van der Waals surface area contributed by atoms with E-state index in [1.165, 1.54) is 17.8 Å². The molecular formula is C24H18BrCl2N5O3S. The number of benzene rings is 3. The summed E-state index contributed by atoms with van der Waals surface area (Å²) in [6.07, 6.45) is 0. The van der Waals surface area contributed by atoms with Crippen LogP contribution in [0.4, 0.5) is 5.69 Å². The van der Waals surface area contributed by atoms with Crippen LogP contribution in [0.5, 0.6) is 0 Å². The highest BCUT2D eigenvalue weighted by Crippen LogP contribution is 2.30. The molecule has 4 rings (SSSR count).